The van der Waals surface area contributed by atoms with Crippen LogP contribution in [0.4, 0.5) is 0 Å². The van der Waals surface area contributed by atoms with Crippen LogP contribution in [0.25, 0.3) is 0 Å². The molecule has 5 fully saturated rings. The van der Waals surface area contributed by atoms with Crippen molar-refractivity contribution < 1.29 is 14.4 Å². The molecular formula is C34H53NO3. The van der Waals surface area contributed by atoms with E-state index in [9.17, 15) is 9.59 Å². The largest absolute Gasteiger partial charge is 0.295 e. The Bertz CT molecular complexity index is 1060. The number of nitrogens with one attached hydrogen (secondary N) is 1. The minimum atomic E-state index is -0.454. The summed E-state index contributed by atoms with van der Waals surface area (Å²) < 4.78 is 0. The number of rotatable bonds is 3. The van der Waals surface area contributed by atoms with E-state index in [1.165, 1.54) is 50.5 Å². The summed E-state index contributed by atoms with van der Waals surface area (Å²) in [7, 11) is 0. The van der Waals surface area contributed by atoms with Crippen molar-refractivity contribution in [2.24, 2.45) is 50.2 Å². The van der Waals surface area contributed by atoms with Gasteiger partial charge >= 0.3 is 0 Å². The molecule has 0 radical (unpaired) electrons. The fraction of sp³-hybridized carbons (Fsp3) is 0.882. The number of hydrogen-bond acceptors (Lipinski definition) is 3. The van der Waals surface area contributed by atoms with E-state index >= 15 is 0 Å². The van der Waals surface area contributed by atoms with Crippen LogP contribution in [0.3, 0.4) is 0 Å². The van der Waals surface area contributed by atoms with Crippen LogP contribution >= 0.6 is 0 Å². The number of fused-ring (bicyclic) bond motifs is 7. The summed E-state index contributed by atoms with van der Waals surface area (Å²) in [6, 6.07) is 0. The molecule has 212 valence electrons. The number of hydrogen-bond donors (Lipinski definition) is 1. The first-order valence-corrected chi connectivity index (χ1v) is 15.9. The van der Waals surface area contributed by atoms with Gasteiger partial charge in [0.15, 0.2) is 5.78 Å². The molecule has 0 aromatic heterocycles. The smallest absolute Gasteiger partial charge is 0.249 e. The highest BCUT2D eigenvalue weighted by Crippen LogP contribution is 2.75. The molecule has 6 rings (SSSR count). The Morgan fingerprint density at radius 3 is 2.26 bits per heavy atom. The molecule has 6 aliphatic rings. The predicted molar refractivity (Wildman–Crippen MR) is 151 cm³/mol. The number of carbonyl (C=O) groups is 2. The molecule has 0 spiro atoms. The highest BCUT2D eigenvalue weighted by atomic mass is 16.7. The first kappa shape index (κ1) is 27.0. The van der Waals surface area contributed by atoms with Gasteiger partial charge in [-0.05, 0) is 122 Å². The lowest BCUT2D eigenvalue weighted by molar-refractivity contribution is -0.185. The topological polar surface area (TPSA) is 55.4 Å². The summed E-state index contributed by atoms with van der Waals surface area (Å²) in [5.74, 6) is 1.46. The van der Waals surface area contributed by atoms with Crippen molar-refractivity contribution >= 4 is 11.7 Å². The van der Waals surface area contributed by atoms with E-state index < -0.39 is 5.41 Å². The van der Waals surface area contributed by atoms with Crippen LogP contribution in [0.2, 0.25) is 0 Å². The average Bonchev–Trinajstić information content (AvgIpc) is 2.79. The zero-order valence-electron chi connectivity index (χ0n) is 25.3. The summed E-state index contributed by atoms with van der Waals surface area (Å²) in [6.45, 7) is 17.0. The molecule has 0 aromatic carbocycles. The van der Waals surface area contributed by atoms with E-state index in [2.05, 4.69) is 60.0 Å². The van der Waals surface area contributed by atoms with E-state index in [-0.39, 0.29) is 45.5 Å². The fourth-order valence-corrected chi connectivity index (χ4v) is 11.2. The van der Waals surface area contributed by atoms with Gasteiger partial charge in [-0.25, -0.2) is 5.48 Å². The van der Waals surface area contributed by atoms with Crippen LogP contribution < -0.4 is 5.48 Å². The van der Waals surface area contributed by atoms with Crippen LogP contribution in [0, 0.1) is 50.2 Å². The van der Waals surface area contributed by atoms with Gasteiger partial charge < -0.3 is 0 Å². The van der Waals surface area contributed by atoms with Crippen LogP contribution in [0.1, 0.15) is 132 Å². The van der Waals surface area contributed by atoms with Crippen LogP contribution in [0.15, 0.2) is 11.6 Å². The van der Waals surface area contributed by atoms with E-state index in [1.54, 1.807) is 0 Å². The second kappa shape index (κ2) is 8.43. The van der Waals surface area contributed by atoms with Crippen LogP contribution in [0.5, 0.6) is 0 Å². The number of carbonyl (C=O) groups excluding carboxylic acids is 2. The number of hydroxylamine groups is 1. The molecule has 0 bridgehead atoms. The maximum absolute atomic E-state index is 14.4. The summed E-state index contributed by atoms with van der Waals surface area (Å²) in [5.41, 5.74) is 4.36. The van der Waals surface area contributed by atoms with E-state index in [1.807, 2.05) is 0 Å². The Morgan fingerprint density at radius 2 is 1.58 bits per heavy atom. The van der Waals surface area contributed by atoms with Crippen molar-refractivity contribution in [1.29, 1.82) is 0 Å². The molecule has 8 atom stereocenters. The highest BCUT2D eigenvalue weighted by Gasteiger charge is 2.69. The third-order valence-electron chi connectivity index (χ3n) is 14.2. The molecule has 0 aromatic rings. The molecular weight excluding hydrogens is 470 g/mol. The van der Waals surface area contributed by atoms with Crippen molar-refractivity contribution in [3.8, 4) is 0 Å². The van der Waals surface area contributed by atoms with Gasteiger partial charge in [0.1, 0.15) is 0 Å². The van der Waals surface area contributed by atoms with Gasteiger partial charge in [-0.2, -0.15) is 0 Å². The summed E-state index contributed by atoms with van der Waals surface area (Å²) >= 11 is 0. The number of allylic oxidation sites excluding steroid dienone is 2. The maximum Gasteiger partial charge on any atom is 0.249 e. The monoisotopic (exact) mass is 523 g/mol. The molecule has 0 heterocycles. The van der Waals surface area contributed by atoms with E-state index in [0.717, 1.165) is 38.5 Å². The Hall–Kier alpha value is -1.16. The van der Waals surface area contributed by atoms with Gasteiger partial charge in [0.25, 0.3) is 0 Å². The van der Waals surface area contributed by atoms with Gasteiger partial charge in [-0.1, -0.05) is 60.5 Å². The highest BCUT2D eigenvalue weighted by molar-refractivity contribution is 5.95. The number of amides is 1. The molecule has 5 saturated carbocycles. The van der Waals surface area contributed by atoms with Crippen molar-refractivity contribution in [1.82, 2.24) is 5.48 Å². The Balaban J connectivity index is 1.35. The zero-order valence-corrected chi connectivity index (χ0v) is 25.3. The molecule has 38 heavy (non-hydrogen) atoms. The minimum Gasteiger partial charge on any atom is -0.295 e. The van der Waals surface area contributed by atoms with E-state index in [4.69, 9.17) is 4.84 Å². The normalized spacial score (nSPS) is 49.9. The summed E-state index contributed by atoms with van der Waals surface area (Å²) in [6.07, 6.45) is 16.9. The Kier molecular flexibility index (Phi) is 6.00. The molecule has 4 heteroatoms. The lowest BCUT2D eigenvalue weighted by Gasteiger charge is -2.70. The predicted octanol–water partition coefficient (Wildman–Crippen LogP) is 7.96. The van der Waals surface area contributed by atoms with Crippen LogP contribution in [-0.2, 0) is 14.4 Å². The Morgan fingerprint density at radius 1 is 0.868 bits per heavy atom. The van der Waals surface area contributed by atoms with Crippen LogP contribution in [-0.4, -0.2) is 17.8 Å². The quantitative estimate of drug-likeness (QED) is 0.382. The van der Waals surface area contributed by atoms with Crippen molar-refractivity contribution in [2.75, 3.05) is 0 Å². The molecule has 0 aliphatic heterocycles. The Labute approximate surface area is 231 Å². The lowest BCUT2D eigenvalue weighted by Crippen LogP contribution is -2.65. The standard InChI is InChI=1S/C34H53NO3/c1-29(2)13-9-14-32(5)26(29)12-15-34(7)27(32)25(36)20-23-24-21-31(4,28(37)35-38-22-10-8-11-22)17-16-30(24,3)18-19-33(23,34)6/h20,22,24,26-27H,8-19,21H2,1-7H3,(H,35,37)/t24-,26?,27-,30-,31?,32+,33-,34-/m1/s1. The first-order chi connectivity index (χ1) is 17.7. The molecule has 6 aliphatic carbocycles. The SMILES string of the molecule is CC1(C(=O)NOC2CCC2)CC[C@]2(C)CC[C@]3(C)C(=CC(=O)[C@@H]4[C@@]5(C)CCCC(C)(C)C5CC[C@]43C)[C@H]2C1. The first-order valence-electron chi connectivity index (χ1n) is 15.9. The second-order valence-corrected chi connectivity index (χ2v) is 16.7. The van der Waals surface area contributed by atoms with Gasteiger partial charge in [0.2, 0.25) is 5.91 Å². The fourth-order valence-electron chi connectivity index (χ4n) is 11.2. The minimum absolute atomic E-state index is 0.0163. The zero-order chi connectivity index (χ0) is 27.4. The summed E-state index contributed by atoms with van der Waals surface area (Å²) in [4.78, 5) is 33.7. The molecule has 2 unspecified atom stereocenters. The maximum atomic E-state index is 14.4. The molecule has 1 amide bonds. The van der Waals surface area contributed by atoms with Gasteiger partial charge in [-0.3, -0.25) is 14.4 Å². The lowest BCUT2D eigenvalue weighted by atomic mass is 9.33. The molecule has 0 saturated heterocycles. The average molecular weight is 524 g/mol. The molecule has 1 N–H and O–H groups in total. The third-order valence-corrected chi connectivity index (χ3v) is 14.2. The van der Waals surface area contributed by atoms with Crippen molar-refractivity contribution in [3.05, 3.63) is 11.6 Å². The van der Waals surface area contributed by atoms with Gasteiger partial charge in [0, 0.05) is 11.3 Å². The van der Waals surface area contributed by atoms with Gasteiger partial charge in [0.05, 0.1) is 6.10 Å². The summed E-state index contributed by atoms with van der Waals surface area (Å²) in [5, 5.41) is 0. The van der Waals surface area contributed by atoms with Gasteiger partial charge in [-0.15, -0.1) is 0 Å². The van der Waals surface area contributed by atoms with E-state index in [0.29, 0.717) is 17.1 Å². The third kappa shape index (κ3) is 3.56. The second-order valence-electron chi connectivity index (χ2n) is 16.7. The van der Waals surface area contributed by atoms with Crippen molar-refractivity contribution in [3.63, 3.8) is 0 Å². The number of ketones is 1. The van der Waals surface area contributed by atoms with Crippen molar-refractivity contribution in [2.45, 2.75) is 138 Å². The molecule has 4 nitrogen and oxygen atoms in total.